The molecule has 1 aliphatic carbocycles. The average Bonchev–Trinajstić information content (AvgIpc) is 3.59. The van der Waals surface area contributed by atoms with Crippen molar-refractivity contribution in [2.75, 3.05) is 7.11 Å². The highest BCUT2D eigenvalue weighted by molar-refractivity contribution is 5.80. The molecule has 4 aromatic rings. The van der Waals surface area contributed by atoms with E-state index in [2.05, 4.69) is 58.3 Å². The van der Waals surface area contributed by atoms with Crippen molar-refractivity contribution < 1.29 is 4.74 Å². The molecular weight excluding hydrogens is 464 g/mol. The van der Waals surface area contributed by atoms with E-state index in [1.54, 1.807) is 7.11 Å². The predicted molar refractivity (Wildman–Crippen MR) is 145 cm³/mol. The summed E-state index contributed by atoms with van der Waals surface area (Å²) in [6.07, 6.45) is 5.42. The first kappa shape index (κ1) is 25.1. The van der Waals surface area contributed by atoms with E-state index in [1.807, 2.05) is 35.0 Å². The van der Waals surface area contributed by atoms with Gasteiger partial charge in [-0.05, 0) is 84.3 Å². The molecule has 0 saturated heterocycles. The van der Waals surface area contributed by atoms with E-state index < -0.39 is 0 Å². The van der Waals surface area contributed by atoms with Crippen LogP contribution in [-0.4, -0.2) is 37.2 Å². The van der Waals surface area contributed by atoms with Gasteiger partial charge >= 0.3 is 0 Å². The monoisotopic (exact) mass is 500 g/mol. The van der Waals surface area contributed by atoms with Crippen LogP contribution in [0.5, 0.6) is 5.75 Å². The average molecular weight is 501 g/mol. The van der Waals surface area contributed by atoms with Crippen molar-refractivity contribution in [3.63, 3.8) is 0 Å². The van der Waals surface area contributed by atoms with Gasteiger partial charge in [0.2, 0.25) is 0 Å². The summed E-state index contributed by atoms with van der Waals surface area (Å²) in [6, 6.07) is 14.6. The van der Waals surface area contributed by atoms with Crippen LogP contribution in [0.1, 0.15) is 79.2 Å². The van der Waals surface area contributed by atoms with Crippen LogP contribution in [0.15, 0.2) is 47.3 Å². The number of benzene rings is 2. The summed E-state index contributed by atoms with van der Waals surface area (Å²) in [5.74, 6) is 1.70. The van der Waals surface area contributed by atoms with E-state index in [4.69, 9.17) is 4.74 Å². The maximum atomic E-state index is 13.3. The van der Waals surface area contributed by atoms with Gasteiger partial charge in [0.15, 0.2) is 5.82 Å². The molecule has 0 bridgehead atoms. The second-order valence-corrected chi connectivity index (χ2v) is 10.2. The molecular formula is C29H36N6O2. The fourth-order valence-electron chi connectivity index (χ4n) is 5.62. The van der Waals surface area contributed by atoms with E-state index >= 15 is 0 Å². The molecule has 0 aliphatic heterocycles. The quantitative estimate of drug-likeness (QED) is 0.331. The normalized spacial score (nSPS) is 15.1. The molecule has 0 spiro atoms. The van der Waals surface area contributed by atoms with Crippen LogP contribution >= 0.6 is 0 Å². The number of methoxy groups -OCH3 is 1. The number of rotatable bonds is 9. The third-order valence-electron chi connectivity index (χ3n) is 7.79. The lowest BCUT2D eigenvalue weighted by molar-refractivity contribution is 0.156. The molecule has 2 aromatic heterocycles. The molecule has 8 heteroatoms. The van der Waals surface area contributed by atoms with Gasteiger partial charge in [0, 0.05) is 29.7 Å². The van der Waals surface area contributed by atoms with E-state index in [0.29, 0.717) is 19.1 Å². The van der Waals surface area contributed by atoms with Crippen LogP contribution < -0.4 is 10.3 Å². The highest BCUT2D eigenvalue weighted by Gasteiger charge is 2.30. The maximum Gasteiger partial charge on any atom is 0.252 e. The van der Waals surface area contributed by atoms with Crippen LogP contribution in [0, 0.1) is 13.8 Å². The zero-order valence-electron chi connectivity index (χ0n) is 22.2. The van der Waals surface area contributed by atoms with Crippen molar-refractivity contribution in [3.8, 4) is 5.75 Å². The Hall–Kier alpha value is -3.52. The number of tetrazole rings is 1. The third-order valence-corrected chi connectivity index (χ3v) is 7.79. The number of hydrogen-bond donors (Lipinski definition) is 1. The van der Waals surface area contributed by atoms with Crippen LogP contribution in [-0.2, 0) is 13.1 Å². The molecule has 2 aromatic carbocycles. The first-order valence-electron chi connectivity index (χ1n) is 13.2. The fraction of sp³-hybridized carbons (Fsp3) is 0.448. The predicted octanol–water partition coefficient (Wildman–Crippen LogP) is 5.41. The molecule has 37 heavy (non-hydrogen) atoms. The molecule has 0 radical (unpaired) electrons. The molecule has 0 amide bonds. The number of fused-ring (bicyclic) bond motifs is 1. The Morgan fingerprint density at radius 3 is 2.57 bits per heavy atom. The molecule has 8 nitrogen and oxygen atoms in total. The number of ether oxygens (including phenoxy) is 1. The minimum atomic E-state index is -0.0639. The highest BCUT2D eigenvalue weighted by atomic mass is 16.5. The van der Waals surface area contributed by atoms with Crippen molar-refractivity contribution in [2.45, 2.75) is 78.0 Å². The molecule has 0 unspecified atom stereocenters. The summed E-state index contributed by atoms with van der Waals surface area (Å²) in [6.45, 7) is 7.39. The first-order valence-corrected chi connectivity index (χ1v) is 13.2. The van der Waals surface area contributed by atoms with E-state index in [0.717, 1.165) is 52.9 Å². The molecule has 1 atom stereocenters. The van der Waals surface area contributed by atoms with Gasteiger partial charge in [0.1, 0.15) is 5.75 Å². The number of aromatic nitrogens is 5. The molecule has 1 fully saturated rings. The Morgan fingerprint density at radius 2 is 1.81 bits per heavy atom. The summed E-state index contributed by atoms with van der Waals surface area (Å²) >= 11 is 0. The maximum absolute atomic E-state index is 13.3. The number of aryl methyl sites for hydroxylation is 2. The van der Waals surface area contributed by atoms with E-state index in [9.17, 15) is 4.79 Å². The van der Waals surface area contributed by atoms with Gasteiger partial charge in [-0.15, -0.1) is 5.10 Å². The Morgan fingerprint density at radius 1 is 1.08 bits per heavy atom. The van der Waals surface area contributed by atoms with Gasteiger partial charge in [0.25, 0.3) is 5.56 Å². The van der Waals surface area contributed by atoms with Gasteiger partial charge in [-0.1, -0.05) is 38.0 Å². The molecule has 1 N–H and O–H groups in total. The number of hydrogen-bond acceptors (Lipinski definition) is 6. The number of nitrogens with zero attached hydrogens (tertiary/aromatic N) is 5. The van der Waals surface area contributed by atoms with Crippen molar-refractivity contribution in [1.29, 1.82) is 0 Å². The smallest absolute Gasteiger partial charge is 0.252 e. The van der Waals surface area contributed by atoms with Gasteiger partial charge in [-0.2, -0.15) is 0 Å². The minimum Gasteiger partial charge on any atom is -0.496 e. The van der Waals surface area contributed by atoms with Gasteiger partial charge in [-0.3, -0.25) is 9.69 Å². The van der Waals surface area contributed by atoms with Gasteiger partial charge in [-0.25, -0.2) is 4.68 Å². The summed E-state index contributed by atoms with van der Waals surface area (Å²) in [5, 5.41) is 14.1. The molecule has 194 valence electrons. The van der Waals surface area contributed by atoms with Crippen molar-refractivity contribution in [1.82, 2.24) is 30.1 Å². The highest BCUT2D eigenvalue weighted by Crippen LogP contribution is 2.34. The molecule has 5 rings (SSSR count). The first-order chi connectivity index (χ1) is 18.0. The molecule has 1 saturated carbocycles. The fourth-order valence-corrected chi connectivity index (χ4v) is 5.62. The van der Waals surface area contributed by atoms with Crippen molar-refractivity contribution in [3.05, 3.63) is 80.9 Å². The number of para-hydroxylation sites is 1. The largest absolute Gasteiger partial charge is 0.496 e. The Labute approximate surface area is 217 Å². The Bertz CT molecular complexity index is 1440. The molecule has 2 heterocycles. The number of pyridine rings is 1. The van der Waals surface area contributed by atoms with E-state index in [-0.39, 0.29) is 11.6 Å². The Kier molecular flexibility index (Phi) is 7.37. The Balaban J connectivity index is 1.56. The summed E-state index contributed by atoms with van der Waals surface area (Å²) in [4.78, 5) is 18.7. The number of aromatic amines is 1. The second kappa shape index (κ2) is 10.8. The summed E-state index contributed by atoms with van der Waals surface area (Å²) in [7, 11) is 1.69. The standard InChI is InChI=1S/C29H36N6O2/c1-5-26(28-31-32-33-35(28)24-11-7-8-12-24)34(17-21-10-6-9-13-27(21)37-4)18-23-16-22-14-19(2)20(3)15-25(22)30-29(23)36/h6,9-10,13-16,24,26H,5,7-8,11-12,17-18H2,1-4H3,(H,30,36)/t26-/m0/s1. The summed E-state index contributed by atoms with van der Waals surface area (Å²) < 4.78 is 7.71. The lowest BCUT2D eigenvalue weighted by Gasteiger charge is -2.31. The lowest BCUT2D eigenvalue weighted by atomic mass is 10.0. The summed E-state index contributed by atoms with van der Waals surface area (Å²) in [5.41, 5.74) is 4.96. The van der Waals surface area contributed by atoms with Crippen LogP contribution in [0.4, 0.5) is 0 Å². The molecule has 1 aliphatic rings. The lowest BCUT2D eigenvalue weighted by Crippen LogP contribution is -2.33. The van der Waals surface area contributed by atoms with Crippen LogP contribution in [0.3, 0.4) is 0 Å². The second-order valence-electron chi connectivity index (χ2n) is 10.2. The van der Waals surface area contributed by atoms with Gasteiger partial charge < -0.3 is 9.72 Å². The topological polar surface area (TPSA) is 88.9 Å². The van der Waals surface area contributed by atoms with Crippen molar-refractivity contribution in [2.24, 2.45) is 0 Å². The third kappa shape index (κ3) is 5.16. The number of nitrogens with one attached hydrogen (secondary N) is 1. The van der Waals surface area contributed by atoms with Crippen molar-refractivity contribution >= 4 is 10.9 Å². The number of H-pyrrole nitrogens is 1. The zero-order valence-corrected chi connectivity index (χ0v) is 22.2. The van der Waals surface area contributed by atoms with Gasteiger partial charge in [0.05, 0.1) is 19.2 Å². The van der Waals surface area contributed by atoms with Crippen LogP contribution in [0.2, 0.25) is 0 Å². The van der Waals surface area contributed by atoms with E-state index in [1.165, 1.54) is 24.0 Å². The minimum absolute atomic E-state index is 0.0598. The SMILES string of the molecule is CC[C@@H](c1nnnn1C1CCCC1)N(Cc1ccccc1OC)Cc1cc2cc(C)c(C)cc2[nH]c1=O. The zero-order chi connectivity index (χ0) is 25.9. The van der Waals surface area contributed by atoms with Crippen LogP contribution in [0.25, 0.3) is 10.9 Å².